The number of hydrogen-bond acceptors (Lipinski definition) is 5. The molecule has 8 heteroatoms. The minimum absolute atomic E-state index is 0.0791. The average Bonchev–Trinajstić information content (AvgIpc) is 2.68. The number of pyridine rings is 1. The van der Waals surface area contributed by atoms with Gasteiger partial charge in [-0.2, -0.15) is 0 Å². The van der Waals surface area contributed by atoms with E-state index in [0.717, 1.165) is 5.56 Å². The predicted molar refractivity (Wildman–Crippen MR) is 72.3 cm³/mol. The van der Waals surface area contributed by atoms with E-state index in [1.165, 1.54) is 7.11 Å². The molecule has 1 aliphatic rings. The van der Waals surface area contributed by atoms with Gasteiger partial charge in [0.05, 0.1) is 19.4 Å². The van der Waals surface area contributed by atoms with Crippen molar-refractivity contribution in [2.45, 2.75) is 13.0 Å². The second-order valence-corrected chi connectivity index (χ2v) is 6.50. The lowest BCUT2D eigenvalue weighted by molar-refractivity contribution is -0.128. The van der Waals surface area contributed by atoms with Crippen molar-refractivity contribution in [1.82, 2.24) is 9.88 Å². The molecule has 2 N–H and O–H groups in total. The zero-order valence-corrected chi connectivity index (χ0v) is 12.0. The van der Waals surface area contributed by atoms with E-state index in [4.69, 9.17) is 9.88 Å². The molecule has 0 bridgehead atoms. The van der Waals surface area contributed by atoms with Gasteiger partial charge in [-0.25, -0.2) is 18.5 Å². The van der Waals surface area contributed by atoms with Gasteiger partial charge in [0.1, 0.15) is 0 Å². The molecule has 7 nitrogen and oxygen atoms in total. The lowest BCUT2D eigenvalue weighted by Crippen LogP contribution is -2.27. The van der Waals surface area contributed by atoms with Crippen LogP contribution in [0.25, 0.3) is 0 Å². The summed E-state index contributed by atoms with van der Waals surface area (Å²) in [5, 5.41) is 5.02. The summed E-state index contributed by atoms with van der Waals surface area (Å²) >= 11 is 0. The minimum atomic E-state index is -3.56. The molecule has 0 aromatic carbocycles. The van der Waals surface area contributed by atoms with Crippen molar-refractivity contribution < 1.29 is 17.9 Å². The van der Waals surface area contributed by atoms with E-state index >= 15 is 0 Å². The summed E-state index contributed by atoms with van der Waals surface area (Å²) in [7, 11) is -2.04. The van der Waals surface area contributed by atoms with Crippen LogP contribution in [0.5, 0.6) is 5.88 Å². The van der Waals surface area contributed by atoms with Crippen LogP contribution in [0, 0.1) is 5.92 Å². The number of likely N-dealkylation sites (tertiary alicyclic amines) is 1. The molecule has 0 aliphatic carbocycles. The first-order valence-electron chi connectivity index (χ1n) is 6.15. The Bertz CT molecular complexity index is 602. The van der Waals surface area contributed by atoms with Crippen LogP contribution >= 0.6 is 0 Å². The Morgan fingerprint density at radius 3 is 2.95 bits per heavy atom. The van der Waals surface area contributed by atoms with Crippen molar-refractivity contribution in [2.24, 2.45) is 11.1 Å². The van der Waals surface area contributed by atoms with Gasteiger partial charge in [-0.15, -0.1) is 0 Å². The second-order valence-electron chi connectivity index (χ2n) is 4.85. The van der Waals surface area contributed by atoms with Crippen LogP contribution < -0.4 is 9.88 Å². The molecule has 2 rings (SSSR count). The number of hydrogen-bond donors (Lipinski definition) is 1. The summed E-state index contributed by atoms with van der Waals surface area (Å²) in [6.45, 7) is 0.740. The molecule has 0 spiro atoms. The number of aromatic nitrogens is 1. The number of ether oxygens (including phenoxy) is 1. The first kappa shape index (κ1) is 14.7. The predicted octanol–water partition coefficient (Wildman–Crippen LogP) is -0.273. The number of carbonyl (C=O) groups excluding carboxylic acids is 1. The standard InChI is InChI=1S/C12H17N3O4S/c1-19-12-10(3-2-4-14-12)7-15-6-9(5-11(15)16)8-20(13,17)18/h2-4,9H,5-8H2,1H3,(H2,13,17,18). The van der Waals surface area contributed by atoms with Gasteiger partial charge in [0.2, 0.25) is 21.8 Å². The van der Waals surface area contributed by atoms with E-state index in [1.54, 1.807) is 17.2 Å². The fourth-order valence-electron chi connectivity index (χ4n) is 2.38. The first-order chi connectivity index (χ1) is 9.39. The maximum atomic E-state index is 11.9. The monoisotopic (exact) mass is 299 g/mol. The Morgan fingerprint density at radius 2 is 2.30 bits per heavy atom. The van der Waals surface area contributed by atoms with Gasteiger partial charge >= 0.3 is 0 Å². The highest BCUT2D eigenvalue weighted by Crippen LogP contribution is 2.23. The molecule has 1 atom stereocenters. The van der Waals surface area contributed by atoms with Crippen molar-refractivity contribution >= 4 is 15.9 Å². The Kier molecular flexibility index (Phi) is 4.24. The van der Waals surface area contributed by atoms with Gasteiger partial charge in [0.15, 0.2) is 0 Å². The third kappa shape index (κ3) is 3.67. The highest BCUT2D eigenvalue weighted by Gasteiger charge is 2.32. The van der Waals surface area contributed by atoms with Crippen molar-refractivity contribution in [3.05, 3.63) is 23.9 Å². The van der Waals surface area contributed by atoms with Crippen molar-refractivity contribution in [1.29, 1.82) is 0 Å². The molecule has 1 aliphatic heterocycles. The number of nitrogens with two attached hydrogens (primary N) is 1. The lowest BCUT2D eigenvalue weighted by atomic mass is 10.1. The summed E-state index contributed by atoms with van der Waals surface area (Å²) < 4.78 is 27.3. The Labute approximate surface area is 117 Å². The third-order valence-corrected chi connectivity index (χ3v) is 4.10. The fraction of sp³-hybridized carbons (Fsp3) is 0.500. The van der Waals surface area contributed by atoms with Crippen LogP contribution in [-0.2, 0) is 21.4 Å². The largest absolute Gasteiger partial charge is 0.481 e. The van der Waals surface area contributed by atoms with Crippen molar-refractivity contribution in [2.75, 3.05) is 19.4 Å². The number of methoxy groups -OCH3 is 1. The molecule has 110 valence electrons. The molecule has 1 aromatic rings. The number of carbonyl (C=O) groups is 1. The highest BCUT2D eigenvalue weighted by atomic mass is 32.2. The zero-order chi connectivity index (χ0) is 14.8. The van der Waals surface area contributed by atoms with Crippen molar-refractivity contribution in [3.63, 3.8) is 0 Å². The normalized spacial score (nSPS) is 19.4. The molecule has 0 saturated carbocycles. The van der Waals surface area contributed by atoms with Gasteiger partial charge < -0.3 is 9.64 Å². The van der Waals surface area contributed by atoms with Crippen LogP contribution in [0.15, 0.2) is 18.3 Å². The summed E-state index contributed by atoms with van der Waals surface area (Å²) in [6, 6.07) is 3.59. The molecule has 20 heavy (non-hydrogen) atoms. The molecule has 2 heterocycles. The molecule has 1 fully saturated rings. The molecule has 0 radical (unpaired) electrons. The smallest absolute Gasteiger partial charge is 0.223 e. The van der Waals surface area contributed by atoms with Gasteiger partial charge in [-0.3, -0.25) is 4.79 Å². The Balaban J connectivity index is 2.05. The molecular formula is C12H17N3O4S. The highest BCUT2D eigenvalue weighted by molar-refractivity contribution is 7.89. The number of rotatable bonds is 5. The maximum Gasteiger partial charge on any atom is 0.223 e. The summed E-state index contributed by atoms with van der Waals surface area (Å²) in [5.41, 5.74) is 0.791. The molecule has 1 aromatic heterocycles. The zero-order valence-electron chi connectivity index (χ0n) is 11.2. The summed E-state index contributed by atoms with van der Waals surface area (Å²) in [5.74, 6) is -0.0284. The molecule has 1 unspecified atom stereocenters. The lowest BCUT2D eigenvalue weighted by Gasteiger charge is -2.17. The minimum Gasteiger partial charge on any atom is -0.481 e. The van der Waals surface area contributed by atoms with E-state index < -0.39 is 10.0 Å². The van der Waals surface area contributed by atoms with Crippen LogP contribution in [0.2, 0.25) is 0 Å². The van der Waals surface area contributed by atoms with Gasteiger partial charge in [-0.1, -0.05) is 6.07 Å². The summed E-state index contributed by atoms with van der Waals surface area (Å²) in [4.78, 5) is 17.6. The van der Waals surface area contributed by atoms with Gasteiger partial charge in [0.25, 0.3) is 0 Å². The van der Waals surface area contributed by atoms with E-state index in [1.807, 2.05) is 6.07 Å². The fourth-order valence-corrected chi connectivity index (χ4v) is 3.26. The van der Waals surface area contributed by atoms with Crippen LogP contribution in [0.3, 0.4) is 0 Å². The molecule has 1 amide bonds. The van der Waals surface area contributed by atoms with Crippen molar-refractivity contribution in [3.8, 4) is 5.88 Å². The van der Waals surface area contributed by atoms with E-state index in [0.29, 0.717) is 19.0 Å². The number of nitrogens with zero attached hydrogens (tertiary/aromatic N) is 2. The SMILES string of the molecule is COc1ncccc1CN1CC(CS(N)(=O)=O)CC1=O. The number of primary sulfonamides is 1. The molecular weight excluding hydrogens is 282 g/mol. The third-order valence-electron chi connectivity index (χ3n) is 3.17. The van der Waals surface area contributed by atoms with E-state index in [2.05, 4.69) is 4.98 Å². The Morgan fingerprint density at radius 1 is 1.55 bits per heavy atom. The van der Waals surface area contributed by atoms with Crippen LogP contribution in [0.4, 0.5) is 0 Å². The second kappa shape index (κ2) is 5.76. The van der Waals surface area contributed by atoms with Crippen LogP contribution in [-0.4, -0.2) is 43.6 Å². The van der Waals surface area contributed by atoms with E-state index in [-0.39, 0.29) is 24.0 Å². The maximum absolute atomic E-state index is 11.9. The first-order valence-corrected chi connectivity index (χ1v) is 7.86. The van der Waals surface area contributed by atoms with Gasteiger partial charge in [0, 0.05) is 30.6 Å². The topological polar surface area (TPSA) is 103 Å². The van der Waals surface area contributed by atoms with Crippen LogP contribution in [0.1, 0.15) is 12.0 Å². The Hall–Kier alpha value is -1.67. The average molecular weight is 299 g/mol. The number of sulfonamides is 1. The summed E-state index contributed by atoms with van der Waals surface area (Å²) in [6.07, 6.45) is 1.82. The quantitative estimate of drug-likeness (QED) is 0.806. The number of amides is 1. The van der Waals surface area contributed by atoms with Gasteiger partial charge in [-0.05, 0) is 6.07 Å². The molecule has 1 saturated heterocycles. The van der Waals surface area contributed by atoms with E-state index in [9.17, 15) is 13.2 Å².